The second kappa shape index (κ2) is 9.39. The summed E-state index contributed by atoms with van der Waals surface area (Å²) in [5, 5.41) is 8.57. The van der Waals surface area contributed by atoms with Crippen molar-refractivity contribution in [1.82, 2.24) is 0 Å². The molecule has 0 saturated heterocycles. The number of rotatable bonds is 8. The number of carboxylic acid groups (broad SMARTS) is 1. The summed E-state index contributed by atoms with van der Waals surface area (Å²) in [6, 6.07) is 5.64. The van der Waals surface area contributed by atoms with Crippen molar-refractivity contribution in [2.24, 2.45) is 11.8 Å². The molecule has 0 atom stereocenters. The van der Waals surface area contributed by atoms with Crippen molar-refractivity contribution < 1.29 is 36.6 Å². The minimum absolute atomic E-state index is 0.0234. The van der Waals surface area contributed by atoms with E-state index in [-0.39, 0.29) is 30.9 Å². The van der Waals surface area contributed by atoms with E-state index in [0.29, 0.717) is 24.8 Å². The molecule has 1 saturated carbocycles. The Labute approximate surface area is 160 Å². The topological polar surface area (TPSA) is 46.5 Å². The van der Waals surface area contributed by atoms with Gasteiger partial charge in [0.25, 0.3) is 0 Å². The molecule has 8 heteroatoms. The van der Waals surface area contributed by atoms with Crippen LogP contribution in [0.3, 0.4) is 0 Å². The van der Waals surface area contributed by atoms with Crippen LogP contribution in [0.4, 0.5) is 22.0 Å². The molecule has 0 spiro atoms. The van der Waals surface area contributed by atoms with Crippen molar-refractivity contribution in [3.05, 3.63) is 35.9 Å². The quantitative estimate of drug-likeness (QED) is 0.407. The van der Waals surface area contributed by atoms with Crippen LogP contribution in [0.15, 0.2) is 30.3 Å². The number of hydrogen-bond acceptors (Lipinski definition) is 2. The maximum absolute atomic E-state index is 14.4. The van der Waals surface area contributed by atoms with Crippen molar-refractivity contribution in [2.75, 3.05) is 0 Å². The van der Waals surface area contributed by atoms with Crippen LogP contribution >= 0.6 is 0 Å². The molecule has 156 valence electrons. The van der Waals surface area contributed by atoms with Crippen LogP contribution in [0.2, 0.25) is 0 Å². The van der Waals surface area contributed by atoms with E-state index in [1.807, 2.05) is 0 Å². The zero-order chi connectivity index (χ0) is 20.8. The fraction of sp³-hybridized carbons (Fsp3) is 0.550. The molecule has 1 aromatic rings. The molecule has 1 fully saturated rings. The third-order valence-corrected chi connectivity index (χ3v) is 4.95. The molecular weight excluding hydrogens is 383 g/mol. The van der Waals surface area contributed by atoms with E-state index in [9.17, 15) is 26.7 Å². The van der Waals surface area contributed by atoms with Gasteiger partial charge in [-0.15, -0.1) is 0 Å². The lowest BCUT2D eigenvalue weighted by Gasteiger charge is -2.33. The Kier molecular flexibility index (Phi) is 7.43. The SMILES string of the molecule is O=C(O)/C=C/c1ccc(OC(F)(F)C2CCC(CCCC(F)(F)F)CC2)cc1. The summed E-state index contributed by atoms with van der Waals surface area (Å²) in [4.78, 5) is 10.5. The monoisotopic (exact) mass is 406 g/mol. The second-order valence-electron chi connectivity index (χ2n) is 7.13. The van der Waals surface area contributed by atoms with E-state index in [0.717, 1.165) is 6.08 Å². The van der Waals surface area contributed by atoms with Crippen LogP contribution < -0.4 is 4.74 Å². The Balaban J connectivity index is 1.82. The fourth-order valence-corrected chi connectivity index (χ4v) is 3.43. The van der Waals surface area contributed by atoms with E-state index >= 15 is 0 Å². The number of carboxylic acids is 1. The van der Waals surface area contributed by atoms with E-state index in [2.05, 4.69) is 0 Å². The van der Waals surface area contributed by atoms with Crippen molar-refractivity contribution in [1.29, 1.82) is 0 Å². The molecule has 1 aliphatic rings. The molecule has 2 rings (SSSR count). The second-order valence-corrected chi connectivity index (χ2v) is 7.13. The molecule has 28 heavy (non-hydrogen) atoms. The van der Waals surface area contributed by atoms with Gasteiger partial charge in [-0.3, -0.25) is 0 Å². The van der Waals surface area contributed by atoms with Crippen LogP contribution in [-0.4, -0.2) is 23.4 Å². The van der Waals surface area contributed by atoms with E-state index in [1.54, 1.807) is 0 Å². The van der Waals surface area contributed by atoms with Gasteiger partial charge < -0.3 is 9.84 Å². The predicted octanol–water partition coefficient (Wildman–Crippen LogP) is 6.30. The summed E-state index contributed by atoms with van der Waals surface area (Å²) in [5.41, 5.74) is 0.539. The average molecular weight is 406 g/mol. The number of ether oxygens (including phenoxy) is 1. The first-order valence-electron chi connectivity index (χ1n) is 9.20. The van der Waals surface area contributed by atoms with E-state index in [4.69, 9.17) is 9.84 Å². The lowest BCUT2D eigenvalue weighted by Crippen LogP contribution is -2.37. The average Bonchev–Trinajstić information content (AvgIpc) is 2.60. The van der Waals surface area contributed by atoms with Gasteiger partial charge in [0.05, 0.1) is 5.92 Å². The van der Waals surface area contributed by atoms with Crippen molar-refractivity contribution in [3.63, 3.8) is 0 Å². The molecule has 0 radical (unpaired) electrons. The highest BCUT2D eigenvalue weighted by Crippen LogP contribution is 2.41. The molecule has 1 aliphatic carbocycles. The molecule has 0 amide bonds. The van der Waals surface area contributed by atoms with Crippen LogP contribution in [-0.2, 0) is 4.79 Å². The smallest absolute Gasteiger partial charge is 0.400 e. The Bertz CT molecular complexity index is 659. The van der Waals surface area contributed by atoms with Crippen molar-refractivity contribution in [2.45, 2.75) is 57.2 Å². The molecular formula is C20H23F5O3. The van der Waals surface area contributed by atoms with Gasteiger partial charge >= 0.3 is 18.3 Å². The first kappa shape index (κ1) is 22.2. The zero-order valence-corrected chi connectivity index (χ0v) is 15.2. The Hall–Kier alpha value is -2.12. The molecule has 0 bridgehead atoms. The Morgan fingerprint density at radius 3 is 2.21 bits per heavy atom. The van der Waals surface area contributed by atoms with Gasteiger partial charge in [-0.2, -0.15) is 22.0 Å². The first-order chi connectivity index (χ1) is 13.0. The third-order valence-electron chi connectivity index (χ3n) is 4.95. The van der Waals surface area contributed by atoms with Gasteiger partial charge in [0.2, 0.25) is 0 Å². The maximum Gasteiger partial charge on any atom is 0.400 e. The van der Waals surface area contributed by atoms with Crippen LogP contribution in [0.25, 0.3) is 6.08 Å². The Morgan fingerprint density at radius 2 is 1.68 bits per heavy atom. The highest BCUT2D eigenvalue weighted by Gasteiger charge is 2.44. The largest absolute Gasteiger partial charge is 0.478 e. The standard InChI is InChI=1S/C20H23F5O3/c21-19(22,23)13-1-2-14-3-8-16(9-4-14)20(24,25)28-17-10-5-15(6-11-17)7-12-18(26)27/h5-7,10-12,14,16H,1-4,8-9,13H2,(H,26,27)/b12-7+. The minimum Gasteiger partial charge on any atom is -0.478 e. The number of carbonyl (C=O) groups is 1. The number of benzene rings is 1. The van der Waals surface area contributed by atoms with Gasteiger partial charge in [-0.05, 0) is 61.8 Å². The van der Waals surface area contributed by atoms with E-state index < -0.39 is 30.6 Å². The summed E-state index contributed by atoms with van der Waals surface area (Å²) in [7, 11) is 0. The maximum atomic E-state index is 14.4. The number of halogens is 5. The van der Waals surface area contributed by atoms with Crippen LogP contribution in [0, 0.1) is 11.8 Å². The van der Waals surface area contributed by atoms with Gasteiger partial charge in [0.1, 0.15) is 5.75 Å². The van der Waals surface area contributed by atoms with Crippen molar-refractivity contribution in [3.8, 4) is 5.75 Å². The van der Waals surface area contributed by atoms with Crippen molar-refractivity contribution >= 4 is 12.0 Å². The Morgan fingerprint density at radius 1 is 1.07 bits per heavy atom. The number of hydrogen-bond donors (Lipinski definition) is 1. The number of aliphatic carboxylic acids is 1. The van der Waals surface area contributed by atoms with Crippen LogP contribution in [0.5, 0.6) is 5.75 Å². The summed E-state index contributed by atoms with van der Waals surface area (Å²) < 4.78 is 70.3. The zero-order valence-electron chi connectivity index (χ0n) is 15.2. The normalized spacial score (nSPS) is 21.0. The highest BCUT2D eigenvalue weighted by molar-refractivity contribution is 5.85. The molecule has 1 N–H and O–H groups in total. The van der Waals surface area contributed by atoms with Gasteiger partial charge in [0.15, 0.2) is 0 Å². The van der Waals surface area contributed by atoms with Gasteiger partial charge in [-0.1, -0.05) is 18.6 Å². The first-order valence-corrected chi connectivity index (χ1v) is 9.20. The summed E-state index contributed by atoms with van der Waals surface area (Å²) in [6.45, 7) is 0. The highest BCUT2D eigenvalue weighted by atomic mass is 19.4. The molecule has 1 aromatic carbocycles. The van der Waals surface area contributed by atoms with E-state index in [1.165, 1.54) is 30.3 Å². The summed E-state index contributed by atoms with van der Waals surface area (Å²) in [5.74, 6) is -2.06. The van der Waals surface area contributed by atoms with Gasteiger partial charge in [-0.25, -0.2) is 4.79 Å². The van der Waals surface area contributed by atoms with Gasteiger partial charge in [0, 0.05) is 12.5 Å². The fourth-order valence-electron chi connectivity index (χ4n) is 3.43. The molecule has 0 unspecified atom stereocenters. The lowest BCUT2D eigenvalue weighted by molar-refractivity contribution is -0.223. The summed E-state index contributed by atoms with van der Waals surface area (Å²) in [6.07, 6.45) is -4.27. The predicted molar refractivity (Wildman–Crippen MR) is 94.0 cm³/mol. The lowest BCUT2D eigenvalue weighted by atomic mass is 9.79. The third kappa shape index (κ3) is 7.48. The summed E-state index contributed by atoms with van der Waals surface area (Å²) >= 11 is 0. The molecule has 3 nitrogen and oxygen atoms in total. The molecule has 0 aliphatic heterocycles. The molecule has 0 heterocycles. The minimum atomic E-state index is -4.17. The molecule has 0 aromatic heterocycles. The van der Waals surface area contributed by atoms with Crippen LogP contribution in [0.1, 0.15) is 50.5 Å². The number of alkyl halides is 5.